The summed E-state index contributed by atoms with van der Waals surface area (Å²) >= 11 is 0. The molecular formula is C24H26F3NO3. The predicted octanol–water partition coefficient (Wildman–Crippen LogP) is 5.16. The van der Waals surface area contributed by atoms with Gasteiger partial charge < -0.3 is 9.47 Å². The minimum absolute atomic E-state index is 0.169. The highest BCUT2D eigenvalue weighted by Crippen LogP contribution is 2.53. The number of hydrogen-bond acceptors (Lipinski definition) is 4. The fourth-order valence-corrected chi connectivity index (χ4v) is 5.29. The van der Waals surface area contributed by atoms with Crippen LogP contribution < -0.4 is 4.74 Å². The van der Waals surface area contributed by atoms with Crippen LogP contribution in [0.4, 0.5) is 13.2 Å². The second kappa shape index (κ2) is 8.19. The van der Waals surface area contributed by atoms with E-state index in [0.717, 1.165) is 41.9 Å². The number of rotatable bonds is 5. The Bertz CT molecular complexity index is 927. The molecule has 0 spiro atoms. The second-order valence-electron chi connectivity index (χ2n) is 8.44. The summed E-state index contributed by atoms with van der Waals surface area (Å²) < 4.78 is 49.6. The van der Waals surface area contributed by atoms with Crippen LogP contribution in [0.2, 0.25) is 0 Å². The topological polar surface area (TPSA) is 38.8 Å². The molecule has 4 nitrogen and oxygen atoms in total. The molecule has 166 valence electrons. The number of ether oxygens (including phenoxy) is 2. The Labute approximate surface area is 180 Å². The van der Waals surface area contributed by atoms with E-state index < -0.39 is 17.3 Å². The highest BCUT2D eigenvalue weighted by molar-refractivity contribution is 5.73. The van der Waals surface area contributed by atoms with Gasteiger partial charge in [0, 0.05) is 18.1 Å². The van der Waals surface area contributed by atoms with Gasteiger partial charge in [0.25, 0.3) is 0 Å². The first-order valence-electron chi connectivity index (χ1n) is 10.4. The van der Waals surface area contributed by atoms with Crippen molar-refractivity contribution in [2.45, 2.75) is 50.0 Å². The summed E-state index contributed by atoms with van der Waals surface area (Å²) in [5.41, 5.74) is 0.765. The third-order valence-electron chi connectivity index (χ3n) is 6.82. The van der Waals surface area contributed by atoms with E-state index in [1.165, 1.54) is 7.11 Å². The average Bonchev–Trinajstić information content (AvgIpc) is 2.97. The number of benzene rings is 2. The van der Waals surface area contributed by atoms with Crippen LogP contribution in [-0.4, -0.2) is 31.1 Å². The summed E-state index contributed by atoms with van der Waals surface area (Å²) in [5.74, 6) is 0.271. The first-order valence-corrected chi connectivity index (χ1v) is 10.4. The first kappa shape index (κ1) is 21.7. The molecule has 2 aromatic carbocycles. The molecular weight excluding hydrogens is 407 g/mol. The van der Waals surface area contributed by atoms with Crippen LogP contribution in [-0.2, 0) is 27.8 Å². The maximum Gasteiger partial charge on any atom is 0.416 e. The lowest BCUT2D eigenvalue weighted by Gasteiger charge is -2.47. The molecule has 4 rings (SSSR count). The van der Waals surface area contributed by atoms with Crippen LogP contribution in [0.3, 0.4) is 0 Å². The van der Waals surface area contributed by atoms with Crippen molar-refractivity contribution in [1.82, 2.24) is 4.90 Å². The van der Waals surface area contributed by atoms with Crippen molar-refractivity contribution in [3.63, 3.8) is 0 Å². The van der Waals surface area contributed by atoms with Crippen LogP contribution in [0.15, 0.2) is 48.5 Å². The van der Waals surface area contributed by atoms with Gasteiger partial charge in [0.15, 0.2) is 0 Å². The van der Waals surface area contributed by atoms with Gasteiger partial charge in [0.05, 0.1) is 25.7 Å². The van der Waals surface area contributed by atoms with Crippen LogP contribution in [0.5, 0.6) is 5.75 Å². The summed E-state index contributed by atoms with van der Waals surface area (Å²) in [6.45, 7) is 0.656. The number of alkyl halides is 3. The van der Waals surface area contributed by atoms with E-state index in [2.05, 4.69) is 4.90 Å². The van der Waals surface area contributed by atoms with Gasteiger partial charge in [-0.1, -0.05) is 24.3 Å². The lowest BCUT2D eigenvalue weighted by Crippen LogP contribution is -2.51. The molecule has 2 aliphatic heterocycles. The van der Waals surface area contributed by atoms with Gasteiger partial charge in [0.1, 0.15) is 5.75 Å². The molecule has 0 saturated carbocycles. The van der Waals surface area contributed by atoms with Gasteiger partial charge in [-0.05, 0) is 61.1 Å². The van der Waals surface area contributed by atoms with Crippen molar-refractivity contribution in [2.24, 2.45) is 5.92 Å². The van der Waals surface area contributed by atoms with Crippen LogP contribution in [0.1, 0.15) is 42.4 Å². The Hall–Kier alpha value is -2.54. The Kier molecular flexibility index (Phi) is 5.73. The quantitative estimate of drug-likeness (QED) is 0.611. The SMILES string of the molecule is COC(=O)C1C[C@H]2CC[C@@](c3ccc(C(F)(F)F)cc3)(C1)N2Cc1ccc(OC)cc1. The number of esters is 1. The molecule has 2 bridgehead atoms. The molecule has 7 heteroatoms. The number of hydrogen-bond donors (Lipinski definition) is 0. The van der Waals surface area contributed by atoms with Crippen LogP contribution in [0, 0.1) is 5.92 Å². The highest BCUT2D eigenvalue weighted by atomic mass is 19.4. The van der Waals surface area contributed by atoms with E-state index in [0.29, 0.717) is 19.4 Å². The van der Waals surface area contributed by atoms with Crippen molar-refractivity contribution in [3.8, 4) is 5.75 Å². The van der Waals surface area contributed by atoms with Crippen LogP contribution >= 0.6 is 0 Å². The predicted molar refractivity (Wildman–Crippen MR) is 109 cm³/mol. The zero-order valence-electron chi connectivity index (χ0n) is 17.6. The average molecular weight is 433 g/mol. The van der Waals surface area contributed by atoms with Gasteiger partial charge in [-0.2, -0.15) is 13.2 Å². The lowest BCUT2D eigenvalue weighted by molar-refractivity contribution is -0.150. The highest BCUT2D eigenvalue weighted by Gasteiger charge is 2.54. The summed E-state index contributed by atoms with van der Waals surface area (Å²) in [6, 6.07) is 13.4. The maximum absolute atomic E-state index is 13.1. The Morgan fingerprint density at radius 2 is 1.77 bits per heavy atom. The first-order chi connectivity index (χ1) is 14.8. The van der Waals surface area contributed by atoms with Crippen LogP contribution in [0.25, 0.3) is 0 Å². The number of piperidine rings is 1. The number of halogens is 3. The molecule has 2 aliphatic rings. The molecule has 31 heavy (non-hydrogen) atoms. The Morgan fingerprint density at radius 3 is 2.35 bits per heavy atom. The third-order valence-corrected chi connectivity index (χ3v) is 6.82. The van der Waals surface area contributed by atoms with Crippen molar-refractivity contribution in [2.75, 3.05) is 14.2 Å². The van der Waals surface area contributed by atoms with Gasteiger partial charge in [0.2, 0.25) is 0 Å². The summed E-state index contributed by atoms with van der Waals surface area (Å²) in [5, 5.41) is 0. The molecule has 3 atom stereocenters. The largest absolute Gasteiger partial charge is 0.497 e. The number of fused-ring (bicyclic) bond motifs is 2. The molecule has 0 aromatic heterocycles. The smallest absolute Gasteiger partial charge is 0.416 e. The number of carbonyl (C=O) groups is 1. The standard InChI is InChI=1S/C24H26F3NO3/c1-30-21-9-3-16(4-10-21)15-28-20-11-12-23(28,14-17(13-20)22(29)31-2)18-5-7-19(8-6-18)24(25,26)27/h3-10,17,20H,11-15H2,1-2H3/t17?,20-,23+/m1/s1. The van der Waals surface area contributed by atoms with Gasteiger partial charge in [-0.25, -0.2) is 0 Å². The third kappa shape index (κ3) is 4.03. The minimum atomic E-state index is -4.38. The fourth-order valence-electron chi connectivity index (χ4n) is 5.29. The second-order valence-corrected chi connectivity index (χ2v) is 8.44. The zero-order valence-corrected chi connectivity index (χ0v) is 17.6. The van der Waals surface area contributed by atoms with E-state index in [1.54, 1.807) is 19.2 Å². The molecule has 0 aliphatic carbocycles. The van der Waals surface area contributed by atoms with E-state index in [9.17, 15) is 18.0 Å². The lowest BCUT2D eigenvalue weighted by atomic mass is 9.76. The molecule has 1 unspecified atom stereocenters. The Morgan fingerprint density at radius 1 is 1.10 bits per heavy atom. The molecule has 2 fully saturated rings. The molecule has 0 N–H and O–H groups in total. The summed E-state index contributed by atoms with van der Waals surface area (Å²) in [7, 11) is 3.01. The van der Waals surface area contributed by atoms with Gasteiger partial charge >= 0.3 is 12.1 Å². The van der Waals surface area contributed by atoms with Crippen molar-refractivity contribution in [3.05, 3.63) is 65.2 Å². The normalized spacial score (nSPS) is 26.0. The summed E-state index contributed by atoms with van der Waals surface area (Å²) in [6.07, 6.45) is -1.45. The van der Waals surface area contributed by atoms with Gasteiger partial charge in [-0.3, -0.25) is 9.69 Å². The fraction of sp³-hybridized carbons (Fsp3) is 0.458. The number of carbonyl (C=O) groups excluding carboxylic acids is 1. The Balaban J connectivity index is 1.70. The van der Waals surface area contributed by atoms with E-state index in [-0.39, 0.29) is 17.9 Å². The van der Waals surface area contributed by atoms with Crippen molar-refractivity contribution in [1.29, 1.82) is 0 Å². The molecule has 0 amide bonds. The summed E-state index contributed by atoms with van der Waals surface area (Å²) in [4.78, 5) is 14.7. The van der Waals surface area contributed by atoms with Crippen molar-refractivity contribution < 1.29 is 27.4 Å². The molecule has 2 heterocycles. The van der Waals surface area contributed by atoms with Crippen molar-refractivity contribution >= 4 is 5.97 Å². The monoisotopic (exact) mass is 433 g/mol. The van der Waals surface area contributed by atoms with Gasteiger partial charge in [-0.15, -0.1) is 0 Å². The molecule has 2 saturated heterocycles. The number of nitrogens with zero attached hydrogens (tertiary/aromatic N) is 1. The van der Waals surface area contributed by atoms with E-state index in [4.69, 9.17) is 9.47 Å². The molecule has 2 aromatic rings. The van der Waals surface area contributed by atoms with E-state index >= 15 is 0 Å². The maximum atomic E-state index is 13.1. The number of methoxy groups -OCH3 is 2. The molecule has 0 radical (unpaired) electrons. The minimum Gasteiger partial charge on any atom is -0.497 e. The van der Waals surface area contributed by atoms with E-state index in [1.807, 2.05) is 24.3 Å². The zero-order chi connectivity index (χ0) is 22.2.